The largest absolute Gasteiger partial charge is 0.607 e. The van der Waals surface area contributed by atoms with Gasteiger partial charge in [-0.3, -0.25) is 19.8 Å². The number of carbonyl (C=O) groups excluding carboxylic acids is 2. The first kappa shape index (κ1) is 23.2. The van der Waals surface area contributed by atoms with E-state index in [9.17, 15) is 23.6 Å². The second-order valence-corrected chi connectivity index (χ2v) is 8.27. The lowest BCUT2D eigenvalue weighted by atomic mass is 9.97. The quantitative estimate of drug-likeness (QED) is 0.479. The third kappa shape index (κ3) is 5.03. The first-order valence-electron chi connectivity index (χ1n) is 10.9. The standard InChI is InChI=1S/C21H27F2N7O3/c1-27-20(31)15-12-29(21(32)25-6-9-28-7-4-24-5-8-28)13-26-19(15)18(30(27)33)11-14-2-3-16(22)17(23)10-14/h2-3,10,13,18,24,30H,4-9,11-12H2,1H3,(H,25,32). The van der Waals surface area contributed by atoms with Crippen molar-refractivity contribution in [2.75, 3.05) is 52.9 Å². The van der Waals surface area contributed by atoms with Crippen LogP contribution in [-0.4, -0.2) is 92.0 Å². The number of nitrogens with one attached hydrogen (secondary N) is 3. The fourth-order valence-electron chi connectivity index (χ4n) is 4.20. The zero-order valence-corrected chi connectivity index (χ0v) is 18.3. The molecule has 1 saturated heterocycles. The van der Waals surface area contributed by atoms with Gasteiger partial charge in [-0.25, -0.2) is 18.6 Å². The summed E-state index contributed by atoms with van der Waals surface area (Å²) in [6.07, 6.45) is 1.36. The Labute approximate surface area is 190 Å². The number of rotatable bonds is 5. The van der Waals surface area contributed by atoms with Gasteiger partial charge in [0.05, 0.1) is 25.5 Å². The van der Waals surface area contributed by atoms with Gasteiger partial charge in [0.15, 0.2) is 17.7 Å². The molecule has 1 aromatic carbocycles. The third-order valence-electron chi connectivity index (χ3n) is 6.09. The molecule has 3 heterocycles. The lowest BCUT2D eigenvalue weighted by Crippen LogP contribution is -3.19. The molecule has 3 aliphatic rings. The summed E-state index contributed by atoms with van der Waals surface area (Å²) in [6.45, 7) is 4.84. The van der Waals surface area contributed by atoms with Crippen molar-refractivity contribution >= 4 is 18.3 Å². The molecule has 3 amide bonds. The molecule has 0 bridgehead atoms. The molecule has 2 atom stereocenters. The predicted molar refractivity (Wildman–Crippen MR) is 116 cm³/mol. The summed E-state index contributed by atoms with van der Waals surface area (Å²) < 4.78 is 26.9. The molecule has 0 aliphatic carbocycles. The summed E-state index contributed by atoms with van der Waals surface area (Å²) >= 11 is 0. The monoisotopic (exact) mass is 463 g/mol. The van der Waals surface area contributed by atoms with E-state index in [0.29, 0.717) is 12.1 Å². The van der Waals surface area contributed by atoms with Crippen molar-refractivity contribution in [3.63, 3.8) is 0 Å². The molecular weight excluding hydrogens is 436 g/mol. The molecule has 0 saturated carbocycles. The van der Waals surface area contributed by atoms with Crippen molar-refractivity contribution in [2.45, 2.75) is 12.5 Å². The van der Waals surface area contributed by atoms with E-state index in [1.54, 1.807) is 0 Å². The van der Waals surface area contributed by atoms with Gasteiger partial charge in [-0.2, -0.15) is 5.01 Å². The zero-order chi connectivity index (χ0) is 23.5. The smallest absolute Gasteiger partial charge is 0.322 e. The fourth-order valence-corrected chi connectivity index (χ4v) is 4.20. The molecule has 4 rings (SSSR count). The Bertz CT molecular complexity index is 981. The van der Waals surface area contributed by atoms with E-state index in [4.69, 9.17) is 0 Å². The Morgan fingerprint density at radius 2 is 2.06 bits per heavy atom. The predicted octanol–water partition coefficient (Wildman–Crippen LogP) is -1.14. The van der Waals surface area contributed by atoms with E-state index in [0.717, 1.165) is 49.9 Å². The lowest BCUT2D eigenvalue weighted by molar-refractivity contribution is -0.974. The Morgan fingerprint density at radius 3 is 2.79 bits per heavy atom. The van der Waals surface area contributed by atoms with Gasteiger partial charge in [0.1, 0.15) is 5.70 Å². The van der Waals surface area contributed by atoms with E-state index < -0.39 is 28.8 Å². The van der Waals surface area contributed by atoms with Crippen LogP contribution in [0.15, 0.2) is 34.5 Å². The molecular formula is C21H27F2N7O3. The number of hydrogen-bond acceptors (Lipinski definition) is 6. The molecule has 10 nitrogen and oxygen atoms in total. The Kier molecular flexibility index (Phi) is 6.98. The number of amides is 3. The van der Waals surface area contributed by atoms with Crippen LogP contribution in [0.2, 0.25) is 0 Å². The SMILES string of the molecule is CN1C(=O)C2=C(N=CN(C(=O)NCCN3CCNCC3)C2)C(Cc2ccc(F)c(F)c2)[NH+]1[O-]. The number of aliphatic imine (C=N–C) groups is 1. The molecule has 3 N–H and O–H groups in total. The number of quaternary nitrogens is 1. The Morgan fingerprint density at radius 1 is 1.30 bits per heavy atom. The van der Waals surface area contributed by atoms with Crippen LogP contribution in [0.1, 0.15) is 5.56 Å². The molecule has 33 heavy (non-hydrogen) atoms. The normalized spacial score (nSPS) is 23.7. The molecule has 1 fully saturated rings. The van der Waals surface area contributed by atoms with Crippen LogP contribution < -0.4 is 15.8 Å². The number of hydrogen-bond donors (Lipinski definition) is 3. The van der Waals surface area contributed by atoms with Gasteiger partial charge in [0, 0.05) is 45.7 Å². The van der Waals surface area contributed by atoms with Crippen molar-refractivity contribution in [2.24, 2.45) is 4.99 Å². The van der Waals surface area contributed by atoms with E-state index in [1.807, 2.05) is 0 Å². The highest BCUT2D eigenvalue weighted by Gasteiger charge is 2.41. The lowest BCUT2D eigenvalue weighted by Gasteiger charge is -2.43. The second kappa shape index (κ2) is 9.91. The summed E-state index contributed by atoms with van der Waals surface area (Å²) in [7, 11) is 1.36. The highest BCUT2D eigenvalue weighted by molar-refractivity contribution is 5.98. The molecule has 3 aliphatic heterocycles. The van der Waals surface area contributed by atoms with Crippen molar-refractivity contribution in [1.29, 1.82) is 0 Å². The van der Waals surface area contributed by atoms with Crippen molar-refractivity contribution < 1.29 is 23.5 Å². The molecule has 178 valence electrons. The molecule has 0 aromatic heterocycles. The van der Waals surface area contributed by atoms with E-state index in [2.05, 4.69) is 20.5 Å². The van der Waals surface area contributed by atoms with E-state index in [1.165, 1.54) is 24.4 Å². The number of piperazine rings is 1. The minimum atomic E-state index is -1.01. The second-order valence-electron chi connectivity index (χ2n) is 8.27. The molecule has 12 heteroatoms. The first-order chi connectivity index (χ1) is 15.8. The average Bonchev–Trinajstić information content (AvgIpc) is 2.83. The first-order valence-corrected chi connectivity index (χ1v) is 10.9. The fraction of sp³-hybridized carbons (Fsp3) is 0.476. The van der Waals surface area contributed by atoms with Crippen LogP contribution in [0.3, 0.4) is 0 Å². The minimum Gasteiger partial charge on any atom is -0.607 e. The summed E-state index contributed by atoms with van der Waals surface area (Å²) in [5.41, 5.74) is 0.910. The highest BCUT2D eigenvalue weighted by Crippen LogP contribution is 2.23. The average molecular weight is 463 g/mol. The number of likely N-dealkylation sites (N-methyl/N-ethyl adjacent to an activating group) is 1. The Balaban J connectivity index is 1.44. The summed E-state index contributed by atoms with van der Waals surface area (Å²) in [5, 5.41) is 19.4. The van der Waals surface area contributed by atoms with Crippen LogP contribution in [0, 0.1) is 16.8 Å². The molecule has 1 aromatic rings. The third-order valence-corrected chi connectivity index (χ3v) is 6.09. The topological polar surface area (TPSA) is 108 Å². The number of halogens is 2. The number of carbonyl (C=O) groups is 2. The minimum absolute atomic E-state index is 0.0248. The summed E-state index contributed by atoms with van der Waals surface area (Å²) in [4.78, 5) is 33.2. The summed E-state index contributed by atoms with van der Waals surface area (Å²) in [6, 6.07) is 2.21. The zero-order valence-electron chi connectivity index (χ0n) is 18.3. The van der Waals surface area contributed by atoms with Gasteiger partial charge in [0.25, 0.3) is 5.91 Å². The van der Waals surface area contributed by atoms with Crippen LogP contribution in [-0.2, 0) is 11.2 Å². The van der Waals surface area contributed by atoms with E-state index >= 15 is 0 Å². The molecule has 2 unspecified atom stereocenters. The van der Waals surface area contributed by atoms with Gasteiger partial charge in [-0.05, 0) is 17.7 Å². The number of hydroxylamine groups is 1. The van der Waals surface area contributed by atoms with Crippen molar-refractivity contribution in [1.82, 2.24) is 25.4 Å². The Hall–Kier alpha value is -2.93. The van der Waals surface area contributed by atoms with Gasteiger partial charge in [0.2, 0.25) is 0 Å². The van der Waals surface area contributed by atoms with E-state index in [-0.39, 0.29) is 30.3 Å². The number of nitrogens with zero attached hydrogens (tertiary/aromatic N) is 4. The molecule has 0 spiro atoms. The maximum Gasteiger partial charge on any atom is 0.322 e. The van der Waals surface area contributed by atoms with Crippen LogP contribution >= 0.6 is 0 Å². The van der Waals surface area contributed by atoms with Crippen LogP contribution in [0.25, 0.3) is 0 Å². The van der Waals surface area contributed by atoms with Gasteiger partial charge in [-0.15, -0.1) is 0 Å². The molecule has 0 radical (unpaired) electrons. The van der Waals surface area contributed by atoms with Crippen LogP contribution in [0.4, 0.5) is 13.6 Å². The van der Waals surface area contributed by atoms with Crippen LogP contribution in [0.5, 0.6) is 0 Å². The maximum absolute atomic E-state index is 13.6. The van der Waals surface area contributed by atoms with Crippen molar-refractivity contribution in [3.8, 4) is 0 Å². The van der Waals surface area contributed by atoms with Gasteiger partial charge in [-0.1, -0.05) is 6.07 Å². The van der Waals surface area contributed by atoms with Crippen molar-refractivity contribution in [3.05, 3.63) is 51.9 Å². The highest BCUT2D eigenvalue weighted by atomic mass is 19.2. The summed E-state index contributed by atoms with van der Waals surface area (Å²) in [5.74, 6) is -2.51. The van der Waals surface area contributed by atoms with Gasteiger partial charge >= 0.3 is 6.03 Å². The number of urea groups is 1. The number of benzene rings is 1. The van der Waals surface area contributed by atoms with Gasteiger partial charge < -0.3 is 15.8 Å². The maximum atomic E-state index is 13.6.